The first-order valence-corrected chi connectivity index (χ1v) is 24.0. The first-order valence-electron chi connectivity index (χ1n) is 24.0. The summed E-state index contributed by atoms with van der Waals surface area (Å²) in [5.41, 5.74) is 0. The second-order valence-corrected chi connectivity index (χ2v) is 17.8. The summed E-state index contributed by atoms with van der Waals surface area (Å²) in [5.74, 6) is -2.61. The molecule has 0 aromatic rings. The number of hydrogen-bond donors (Lipinski definition) is 7. The van der Waals surface area contributed by atoms with Crippen molar-refractivity contribution in [2.75, 3.05) is 20.3 Å². The summed E-state index contributed by atoms with van der Waals surface area (Å²) < 4.78 is 23.4. The minimum absolute atomic E-state index is 0.197. The van der Waals surface area contributed by atoms with Gasteiger partial charge in [-0.05, 0) is 50.4 Å². The molecule has 9 atom stereocenters. The maximum Gasteiger partial charge on any atom is 0.309 e. The molecule has 0 aromatic carbocycles. The molecule has 9 unspecified atom stereocenters. The average molecular weight is 891 g/mol. The Hall–Kier alpha value is -2.40. The standard InChI is InChI=1S/C47H90N2O13/c1-9-12-15-18-21-24-36(28-40(52)49-39(32-51)46(58)48-35(31-50)27-33(4)5)60-41(53)29-37(25-22-19-16-13-10-2)61-42(54)30-38(26-23-20-17-14-11-3)62-47(59-8)45(57)44(56)43(55)34(6)7/h33-39,43-45,47,50-51,55-57H,9-32H2,1-8H3,(H,48,58)(H,49,52). The normalized spacial score (nSPS) is 16.2. The number of aliphatic hydroxyl groups is 5. The number of esters is 2. The SMILES string of the molecule is CCCCCCCC(CC(=O)NC(CO)C(=O)NC(CO)CC(C)C)OC(=O)CC(CCCCCCC)OC(=O)CC(CCCCCCC)OC(OC)C(O)C(O)C(O)C(C)C. The molecular formula is C47H90N2O13. The molecule has 2 amide bonds. The van der Waals surface area contributed by atoms with Gasteiger partial charge in [-0.1, -0.05) is 132 Å². The van der Waals surface area contributed by atoms with Crippen LogP contribution in [0.3, 0.4) is 0 Å². The molecule has 62 heavy (non-hydrogen) atoms. The Labute approximate surface area is 374 Å². The Balaban J connectivity index is 6.08. The molecular weight excluding hydrogens is 801 g/mol. The second-order valence-electron chi connectivity index (χ2n) is 17.8. The van der Waals surface area contributed by atoms with Crippen molar-refractivity contribution in [1.29, 1.82) is 0 Å². The summed E-state index contributed by atoms with van der Waals surface area (Å²) in [4.78, 5) is 53.4. The number of carbonyl (C=O) groups is 4. The van der Waals surface area contributed by atoms with Crippen molar-refractivity contribution in [2.45, 2.75) is 245 Å². The summed E-state index contributed by atoms with van der Waals surface area (Å²) in [5, 5.41) is 56.9. The van der Waals surface area contributed by atoms with Crippen molar-refractivity contribution >= 4 is 23.8 Å². The molecule has 0 bridgehead atoms. The van der Waals surface area contributed by atoms with Gasteiger partial charge in [0.2, 0.25) is 11.8 Å². The number of nitrogens with one attached hydrogen (secondary N) is 2. The highest BCUT2D eigenvalue weighted by Gasteiger charge is 2.36. The van der Waals surface area contributed by atoms with Gasteiger partial charge in [-0.2, -0.15) is 0 Å². The van der Waals surface area contributed by atoms with Gasteiger partial charge in [0.1, 0.15) is 30.5 Å². The number of aliphatic hydroxyl groups excluding tert-OH is 5. The molecule has 0 aliphatic heterocycles. The summed E-state index contributed by atoms with van der Waals surface area (Å²) in [6, 6.07) is -1.80. The van der Waals surface area contributed by atoms with Crippen molar-refractivity contribution in [2.24, 2.45) is 11.8 Å². The predicted octanol–water partition coefficient (Wildman–Crippen LogP) is 6.16. The molecule has 15 heteroatoms. The van der Waals surface area contributed by atoms with E-state index in [1.165, 1.54) is 7.11 Å². The van der Waals surface area contributed by atoms with E-state index in [0.29, 0.717) is 38.5 Å². The monoisotopic (exact) mass is 891 g/mol. The highest BCUT2D eigenvalue weighted by molar-refractivity contribution is 5.88. The molecule has 0 radical (unpaired) electrons. The van der Waals surface area contributed by atoms with Crippen molar-refractivity contribution in [3.05, 3.63) is 0 Å². The molecule has 0 saturated heterocycles. The van der Waals surface area contributed by atoms with Gasteiger partial charge >= 0.3 is 11.9 Å². The van der Waals surface area contributed by atoms with E-state index in [4.69, 9.17) is 18.9 Å². The average Bonchev–Trinajstić information content (AvgIpc) is 3.22. The van der Waals surface area contributed by atoms with E-state index in [1.54, 1.807) is 13.8 Å². The smallest absolute Gasteiger partial charge is 0.309 e. The fourth-order valence-corrected chi connectivity index (χ4v) is 7.32. The molecule has 15 nitrogen and oxygen atoms in total. The van der Waals surface area contributed by atoms with Crippen LogP contribution in [0.1, 0.15) is 190 Å². The summed E-state index contributed by atoms with van der Waals surface area (Å²) in [7, 11) is 1.31. The quantitative estimate of drug-likeness (QED) is 0.0208. The highest BCUT2D eigenvalue weighted by Crippen LogP contribution is 2.22. The molecule has 0 fully saturated rings. The van der Waals surface area contributed by atoms with Crippen molar-refractivity contribution in [3.8, 4) is 0 Å². The Morgan fingerprint density at radius 2 is 1.00 bits per heavy atom. The van der Waals surface area contributed by atoms with E-state index in [-0.39, 0.29) is 37.7 Å². The first kappa shape index (κ1) is 59.6. The summed E-state index contributed by atoms with van der Waals surface area (Å²) in [6.45, 7) is 12.7. The lowest BCUT2D eigenvalue weighted by Crippen LogP contribution is -2.52. The van der Waals surface area contributed by atoms with Crippen LogP contribution >= 0.6 is 0 Å². The first-order chi connectivity index (χ1) is 29.6. The molecule has 366 valence electrons. The van der Waals surface area contributed by atoms with Gasteiger partial charge in [0.05, 0.1) is 50.7 Å². The molecule has 0 aromatic heterocycles. The maximum atomic E-state index is 13.6. The third kappa shape index (κ3) is 28.4. The lowest BCUT2D eigenvalue weighted by molar-refractivity contribution is -0.237. The number of carbonyl (C=O) groups excluding carboxylic acids is 4. The molecule has 0 aliphatic rings. The van der Waals surface area contributed by atoms with E-state index in [1.807, 2.05) is 13.8 Å². The van der Waals surface area contributed by atoms with Crippen LogP contribution in [-0.4, -0.2) is 125 Å². The van der Waals surface area contributed by atoms with E-state index >= 15 is 0 Å². The van der Waals surface area contributed by atoms with Crippen LogP contribution in [0.4, 0.5) is 0 Å². The van der Waals surface area contributed by atoms with Gasteiger partial charge in [-0.3, -0.25) is 19.2 Å². The lowest BCUT2D eigenvalue weighted by Gasteiger charge is -2.32. The maximum absolute atomic E-state index is 13.6. The van der Waals surface area contributed by atoms with E-state index in [9.17, 15) is 44.7 Å². The Kier molecular flexibility index (Phi) is 35.5. The summed E-state index contributed by atoms with van der Waals surface area (Å²) >= 11 is 0. The minimum Gasteiger partial charge on any atom is -0.462 e. The third-order valence-electron chi connectivity index (χ3n) is 11.1. The molecule has 0 rings (SSSR count). The minimum atomic E-state index is -1.59. The molecule has 0 saturated carbocycles. The van der Waals surface area contributed by atoms with Crippen LogP contribution in [0.2, 0.25) is 0 Å². The molecule has 0 spiro atoms. The highest BCUT2D eigenvalue weighted by atomic mass is 16.7. The van der Waals surface area contributed by atoms with Crippen LogP contribution < -0.4 is 10.6 Å². The lowest BCUT2D eigenvalue weighted by atomic mass is 9.97. The van der Waals surface area contributed by atoms with Gasteiger partial charge in [-0.25, -0.2) is 0 Å². The second kappa shape index (κ2) is 36.9. The fraction of sp³-hybridized carbons (Fsp3) is 0.915. The zero-order chi connectivity index (χ0) is 46.9. The summed E-state index contributed by atoms with van der Waals surface area (Å²) in [6.07, 6.45) is 7.06. The van der Waals surface area contributed by atoms with Crippen LogP contribution in [0.15, 0.2) is 0 Å². The van der Waals surface area contributed by atoms with Crippen molar-refractivity contribution in [1.82, 2.24) is 10.6 Å². The van der Waals surface area contributed by atoms with E-state index in [0.717, 1.165) is 83.5 Å². The molecule has 0 heterocycles. The van der Waals surface area contributed by atoms with Crippen molar-refractivity contribution in [3.63, 3.8) is 0 Å². The van der Waals surface area contributed by atoms with Crippen LogP contribution in [0.25, 0.3) is 0 Å². The number of amides is 2. The van der Waals surface area contributed by atoms with Gasteiger partial charge in [-0.15, -0.1) is 0 Å². The Morgan fingerprint density at radius 1 is 0.548 bits per heavy atom. The van der Waals surface area contributed by atoms with Crippen molar-refractivity contribution < 1.29 is 63.7 Å². The molecule has 7 N–H and O–H groups in total. The zero-order valence-electron chi connectivity index (χ0n) is 39.8. The Morgan fingerprint density at radius 3 is 1.42 bits per heavy atom. The third-order valence-corrected chi connectivity index (χ3v) is 11.1. The van der Waals surface area contributed by atoms with E-state index in [2.05, 4.69) is 31.4 Å². The van der Waals surface area contributed by atoms with Crippen LogP contribution in [0, 0.1) is 11.8 Å². The number of unbranched alkanes of at least 4 members (excludes halogenated alkanes) is 12. The van der Waals surface area contributed by atoms with Gasteiger partial charge in [0.25, 0.3) is 0 Å². The van der Waals surface area contributed by atoms with E-state index < -0.39 is 85.4 Å². The fourth-order valence-electron chi connectivity index (χ4n) is 7.32. The largest absolute Gasteiger partial charge is 0.462 e. The topological polar surface area (TPSA) is 230 Å². The predicted molar refractivity (Wildman–Crippen MR) is 240 cm³/mol. The number of methoxy groups -OCH3 is 1. The number of hydrogen-bond acceptors (Lipinski definition) is 13. The molecule has 0 aliphatic carbocycles. The van der Waals surface area contributed by atoms with Gasteiger partial charge in [0, 0.05) is 7.11 Å². The Bertz CT molecular complexity index is 1160. The van der Waals surface area contributed by atoms with Gasteiger partial charge in [0.15, 0.2) is 6.29 Å². The van der Waals surface area contributed by atoms with Crippen LogP contribution in [0.5, 0.6) is 0 Å². The van der Waals surface area contributed by atoms with Crippen LogP contribution in [-0.2, 0) is 38.1 Å². The zero-order valence-corrected chi connectivity index (χ0v) is 39.8. The van der Waals surface area contributed by atoms with Gasteiger partial charge < -0.3 is 55.1 Å². The number of ether oxygens (including phenoxy) is 4. The number of rotatable bonds is 40.